The highest BCUT2D eigenvalue weighted by molar-refractivity contribution is 5.87. The number of ether oxygens (including phenoxy) is 2. The molecule has 0 saturated heterocycles. The monoisotopic (exact) mass is 499 g/mol. The van der Waals surface area contributed by atoms with Crippen molar-refractivity contribution in [3.8, 4) is 22.6 Å². The first kappa shape index (κ1) is 23.9. The van der Waals surface area contributed by atoms with Gasteiger partial charge in [0.05, 0.1) is 23.6 Å². The minimum atomic E-state index is -4.90. The van der Waals surface area contributed by atoms with E-state index in [9.17, 15) is 22.4 Å². The molecular formula is C27H21F4NO4. The van der Waals surface area contributed by atoms with E-state index in [1.807, 2.05) is 4.90 Å². The maximum Gasteiger partial charge on any atom is 0.450 e. The molecule has 0 spiro atoms. The SMILES string of the molecule is COc1ccc(-c2c(C(F)(F)F)oc3c4c(ccc3c2=O)OCN(CCc2ccc(F)cc2)C4)cc1. The first-order valence-electron chi connectivity index (χ1n) is 11.2. The Labute approximate surface area is 203 Å². The van der Waals surface area contributed by atoms with Gasteiger partial charge in [0.2, 0.25) is 11.2 Å². The first-order chi connectivity index (χ1) is 17.2. The molecule has 186 valence electrons. The summed E-state index contributed by atoms with van der Waals surface area (Å²) in [4.78, 5) is 15.3. The van der Waals surface area contributed by atoms with Crippen molar-refractivity contribution in [1.82, 2.24) is 4.90 Å². The van der Waals surface area contributed by atoms with Crippen LogP contribution in [0.4, 0.5) is 17.6 Å². The summed E-state index contributed by atoms with van der Waals surface area (Å²) >= 11 is 0. The van der Waals surface area contributed by atoms with Crippen LogP contribution in [0.2, 0.25) is 0 Å². The van der Waals surface area contributed by atoms with E-state index in [4.69, 9.17) is 13.9 Å². The number of hydrogen-bond donors (Lipinski definition) is 0. The lowest BCUT2D eigenvalue weighted by molar-refractivity contribution is -0.152. The van der Waals surface area contributed by atoms with E-state index in [0.717, 1.165) is 5.56 Å². The molecule has 0 bridgehead atoms. The molecule has 5 nitrogen and oxygen atoms in total. The van der Waals surface area contributed by atoms with E-state index in [1.165, 1.54) is 49.6 Å². The van der Waals surface area contributed by atoms with Crippen molar-refractivity contribution >= 4 is 11.0 Å². The molecule has 3 aromatic carbocycles. The smallest absolute Gasteiger partial charge is 0.450 e. The Morgan fingerprint density at radius 1 is 1.00 bits per heavy atom. The number of halogens is 4. The molecule has 0 unspecified atom stereocenters. The van der Waals surface area contributed by atoms with Crippen molar-refractivity contribution in [2.24, 2.45) is 0 Å². The summed E-state index contributed by atoms with van der Waals surface area (Å²) in [6, 6.07) is 14.9. The van der Waals surface area contributed by atoms with Crippen LogP contribution in [0.25, 0.3) is 22.1 Å². The number of methoxy groups -OCH3 is 1. The van der Waals surface area contributed by atoms with Crippen LogP contribution in [0, 0.1) is 5.82 Å². The standard InChI is InChI=1S/C27H21F4NO4/c1-34-19-8-4-17(5-9-19)23-24(33)20-10-11-22-21(25(20)36-26(23)27(29,30)31)14-32(15-35-22)13-12-16-2-6-18(28)7-3-16/h2-11H,12-15H2,1H3. The summed E-state index contributed by atoms with van der Waals surface area (Å²) in [6.45, 7) is 0.970. The normalized spacial score (nSPS) is 13.9. The molecule has 0 amide bonds. The predicted molar refractivity (Wildman–Crippen MR) is 125 cm³/mol. The highest BCUT2D eigenvalue weighted by Gasteiger charge is 2.40. The average molecular weight is 499 g/mol. The molecule has 0 N–H and O–H groups in total. The third-order valence-electron chi connectivity index (χ3n) is 6.17. The number of benzene rings is 3. The summed E-state index contributed by atoms with van der Waals surface area (Å²) in [5.74, 6) is -0.870. The van der Waals surface area contributed by atoms with Gasteiger partial charge >= 0.3 is 6.18 Å². The van der Waals surface area contributed by atoms with Gasteiger partial charge in [-0.1, -0.05) is 24.3 Å². The Hall–Kier alpha value is -3.85. The molecule has 2 heterocycles. The fourth-order valence-corrected chi connectivity index (χ4v) is 4.31. The topological polar surface area (TPSA) is 51.9 Å². The molecule has 4 aromatic rings. The Balaban J connectivity index is 1.55. The Morgan fingerprint density at radius 3 is 2.39 bits per heavy atom. The molecule has 0 aliphatic carbocycles. The lowest BCUT2D eigenvalue weighted by Gasteiger charge is -2.29. The predicted octanol–water partition coefficient (Wildman–Crippen LogP) is 6.02. The molecular weight excluding hydrogens is 478 g/mol. The van der Waals surface area contributed by atoms with Crippen LogP contribution in [-0.4, -0.2) is 25.3 Å². The van der Waals surface area contributed by atoms with Crippen LogP contribution in [0.3, 0.4) is 0 Å². The molecule has 9 heteroatoms. The van der Waals surface area contributed by atoms with Gasteiger partial charge < -0.3 is 13.9 Å². The van der Waals surface area contributed by atoms with Crippen LogP contribution in [0.15, 0.2) is 69.9 Å². The quantitative estimate of drug-likeness (QED) is 0.314. The summed E-state index contributed by atoms with van der Waals surface area (Å²) < 4.78 is 71.8. The molecule has 0 fully saturated rings. The van der Waals surface area contributed by atoms with Crippen molar-refractivity contribution in [2.45, 2.75) is 19.1 Å². The van der Waals surface area contributed by atoms with Crippen LogP contribution in [-0.2, 0) is 19.1 Å². The van der Waals surface area contributed by atoms with Gasteiger partial charge in [0.15, 0.2) is 0 Å². The lowest BCUT2D eigenvalue weighted by atomic mass is 9.99. The molecule has 0 atom stereocenters. The largest absolute Gasteiger partial charge is 0.497 e. The second kappa shape index (κ2) is 9.31. The van der Waals surface area contributed by atoms with Gasteiger partial charge in [0, 0.05) is 13.1 Å². The van der Waals surface area contributed by atoms with Gasteiger partial charge in [0.1, 0.15) is 29.6 Å². The van der Waals surface area contributed by atoms with E-state index in [0.29, 0.717) is 30.0 Å². The number of hydrogen-bond acceptors (Lipinski definition) is 5. The minimum absolute atomic E-state index is 0.0385. The number of rotatable bonds is 5. The van der Waals surface area contributed by atoms with E-state index >= 15 is 0 Å². The highest BCUT2D eigenvalue weighted by atomic mass is 19.4. The molecule has 1 aliphatic rings. The first-order valence-corrected chi connectivity index (χ1v) is 11.2. The zero-order chi connectivity index (χ0) is 25.4. The van der Waals surface area contributed by atoms with Gasteiger partial charge in [-0.3, -0.25) is 9.69 Å². The third-order valence-corrected chi connectivity index (χ3v) is 6.17. The van der Waals surface area contributed by atoms with Gasteiger partial charge in [-0.15, -0.1) is 0 Å². The number of fused-ring (bicyclic) bond motifs is 3. The van der Waals surface area contributed by atoms with Crippen molar-refractivity contribution in [2.75, 3.05) is 20.4 Å². The van der Waals surface area contributed by atoms with Gasteiger partial charge in [0.25, 0.3) is 0 Å². The summed E-state index contributed by atoms with van der Waals surface area (Å²) in [6.07, 6.45) is -4.31. The molecule has 0 radical (unpaired) electrons. The second-order valence-corrected chi connectivity index (χ2v) is 8.48. The fourth-order valence-electron chi connectivity index (χ4n) is 4.31. The summed E-state index contributed by atoms with van der Waals surface area (Å²) in [7, 11) is 1.44. The maximum absolute atomic E-state index is 14.1. The average Bonchev–Trinajstić information content (AvgIpc) is 2.87. The van der Waals surface area contributed by atoms with E-state index in [2.05, 4.69) is 0 Å². The van der Waals surface area contributed by atoms with E-state index in [1.54, 1.807) is 18.2 Å². The van der Waals surface area contributed by atoms with Gasteiger partial charge in [-0.25, -0.2) is 4.39 Å². The lowest BCUT2D eigenvalue weighted by Crippen LogP contribution is -2.34. The summed E-state index contributed by atoms with van der Waals surface area (Å²) in [5, 5.41) is 0.0385. The number of nitrogens with zero attached hydrogens (tertiary/aromatic N) is 1. The Morgan fingerprint density at radius 2 is 1.72 bits per heavy atom. The highest BCUT2D eigenvalue weighted by Crippen LogP contribution is 2.40. The van der Waals surface area contributed by atoms with Gasteiger partial charge in [-0.05, 0) is 53.9 Å². The molecule has 36 heavy (non-hydrogen) atoms. The maximum atomic E-state index is 14.1. The zero-order valence-electron chi connectivity index (χ0n) is 19.2. The molecule has 1 aromatic heterocycles. The van der Waals surface area contributed by atoms with Crippen molar-refractivity contribution in [3.63, 3.8) is 0 Å². The Kier molecular flexibility index (Phi) is 6.17. The van der Waals surface area contributed by atoms with Crippen molar-refractivity contribution in [1.29, 1.82) is 0 Å². The molecule has 0 saturated carbocycles. The van der Waals surface area contributed by atoms with E-state index < -0.39 is 22.9 Å². The summed E-state index contributed by atoms with van der Waals surface area (Å²) in [5.41, 5.74) is -0.110. The third kappa shape index (κ3) is 4.54. The van der Waals surface area contributed by atoms with Crippen LogP contribution in [0.1, 0.15) is 16.9 Å². The molecule has 1 aliphatic heterocycles. The van der Waals surface area contributed by atoms with E-state index in [-0.39, 0.29) is 35.6 Å². The Bertz CT molecular complexity index is 1460. The van der Waals surface area contributed by atoms with Gasteiger partial charge in [-0.2, -0.15) is 13.2 Å². The zero-order valence-corrected chi connectivity index (χ0v) is 19.2. The van der Waals surface area contributed by atoms with Crippen molar-refractivity contribution < 1.29 is 31.5 Å². The van der Waals surface area contributed by atoms with Crippen molar-refractivity contribution in [3.05, 3.63) is 93.6 Å². The molecule has 5 rings (SSSR count). The number of alkyl halides is 3. The van der Waals surface area contributed by atoms with Crippen LogP contribution >= 0.6 is 0 Å². The second-order valence-electron chi connectivity index (χ2n) is 8.48. The minimum Gasteiger partial charge on any atom is -0.497 e. The van der Waals surface area contributed by atoms with Crippen LogP contribution < -0.4 is 14.9 Å². The van der Waals surface area contributed by atoms with Crippen LogP contribution in [0.5, 0.6) is 11.5 Å². The fraction of sp³-hybridized carbons (Fsp3) is 0.222.